The number of methoxy groups -OCH3 is 3. The summed E-state index contributed by atoms with van der Waals surface area (Å²) in [5.74, 6) is 3.11. The minimum absolute atomic E-state index is 0.149. The molecule has 4 rings (SSSR count). The van der Waals surface area contributed by atoms with Crippen LogP contribution in [0, 0.1) is 0 Å². The predicted molar refractivity (Wildman–Crippen MR) is 151 cm³/mol. The van der Waals surface area contributed by atoms with Crippen LogP contribution in [-0.2, 0) is 26.1 Å². The minimum Gasteiger partial charge on any atom is -0.497 e. The van der Waals surface area contributed by atoms with Crippen LogP contribution in [0.3, 0.4) is 0 Å². The number of furan rings is 1. The molecule has 0 spiro atoms. The third kappa shape index (κ3) is 7.65. The summed E-state index contributed by atoms with van der Waals surface area (Å²) in [5.41, 5.74) is 3.41. The van der Waals surface area contributed by atoms with Gasteiger partial charge in [0.05, 0.1) is 27.9 Å². The fourth-order valence-electron chi connectivity index (χ4n) is 4.46. The third-order valence-electron chi connectivity index (χ3n) is 6.57. The molecule has 0 bridgehead atoms. The Balaban J connectivity index is 1.41. The summed E-state index contributed by atoms with van der Waals surface area (Å²) in [6.07, 6.45) is 0.682. The van der Waals surface area contributed by atoms with Gasteiger partial charge in [0, 0.05) is 26.7 Å². The number of hydrogen-bond acceptors (Lipinski definition) is 6. The van der Waals surface area contributed by atoms with Gasteiger partial charge < -0.3 is 23.5 Å². The van der Waals surface area contributed by atoms with Crippen LogP contribution >= 0.6 is 0 Å². The van der Waals surface area contributed by atoms with Crippen LogP contribution in [0.25, 0.3) is 0 Å². The Morgan fingerprint density at radius 3 is 2.21 bits per heavy atom. The number of amides is 1. The van der Waals surface area contributed by atoms with Crippen molar-refractivity contribution < 1.29 is 23.4 Å². The topological polar surface area (TPSA) is 64.4 Å². The Bertz CT molecular complexity index is 1350. The molecule has 0 aliphatic heterocycles. The molecule has 7 nitrogen and oxygen atoms in total. The van der Waals surface area contributed by atoms with Crippen LogP contribution in [0.4, 0.5) is 0 Å². The molecule has 0 aliphatic carbocycles. The highest BCUT2D eigenvalue weighted by molar-refractivity contribution is 5.91. The lowest BCUT2D eigenvalue weighted by molar-refractivity contribution is 0.0760. The number of carbonyl (C=O) groups excluding carboxylic acids is 1. The second-order valence-corrected chi connectivity index (χ2v) is 9.41. The molecule has 0 atom stereocenters. The van der Waals surface area contributed by atoms with Crippen LogP contribution in [-0.4, -0.2) is 50.6 Å². The van der Waals surface area contributed by atoms with Gasteiger partial charge in [-0.3, -0.25) is 9.69 Å². The fourth-order valence-corrected chi connectivity index (χ4v) is 4.46. The predicted octanol–water partition coefficient (Wildman–Crippen LogP) is 5.82. The summed E-state index contributed by atoms with van der Waals surface area (Å²) in [6, 6.07) is 27.8. The Morgan fingerprint density at radius 1 is 0.718 bits per heavy atom. The van der Waals surface area contributed by atoms with Crippen molar-refractivity contribution in [1.29, 1.82) is 0 Å². The van der Waals surface area contributed by atoms with Crippen molar-refractivity contribution in [3.05, 3.63) is 113 Å². The molecule has 4 aromatic rings. The second kappa shape index (κ2) is 13.5. The molecule has 0 radical (unpaired) electrons. The normalized spacial score (nSPS) is 10.9. The van der Waals surface area contributed by atoms with Crippen molar-refractivity contribution in [3.63, 3.8) is 0 Å². The van der Waals surface area contributed by atoms with E-state index >= 15 is 0 Å². The van der Waals surface area contributed by atoms with Crippen LogP contribution in [0.15, 0.2) is 89.3 Å². The number of benzene rings is 3. The molecule has 3 aromatic carbocycles. The van der Waals surface area contributed by atoms with Gasteiger partial charge in [-0.1, -0.05) is 48.5 Å². The molecule has 1 amide bonds. The van der Waals surface area contributed by atoms with E-state index in [1.54, 1.807) is 39.3 Å². The first-order valence-electron chi connectivity index (χ1n) is 12.9. The smallest absolute Gasteiger partial charge is 0.289 e. The lowest BCUT2D eigenvalue weighted by Gasteiger charge is -2.22. The lowest BCUT2D eigenvalue weighted by atomic mass is 10.1. The molecule has 1 aromatic heterocycles. The van der Waals surface area contributed by atoms with E-state index in [9.17, 15) is 4.79 Å². The Hall–Kier alpha value is -4.23. The van der Waals surface area contributed by atoms with Crippen LogP contribution in [0.5, 0.6) is 17.2 Å². The van der Waals surface area contributed by atoms with Gasteiger partial charge in [-0.2, -0.15) is 0 Å². The standard InChI is InChI=1S/C32H36N2O5/c1-33(18-17-24-13-15-29(37-3)31(20-24)38-4)32(35)30-16-14-28(39-30)23-34(21-25-9-6-5-7-10-25)22-26-11-8-12-27(19-26)36-2/h5-16,19-20H,17-18,21-23H2,1-4H3. The van der Waals surface area contributed by atoms with Crippen molar-refractivity contribution in [3.8, 4) is 17.2 Å². The van der Waals surface area contributed by atoms with Gasteiger partial charge in [0.1, 0.15) is 11.5 Å². The van der Waals surface area contributed by atoms with Gasteiger partial charge in [0.25, 0.3) is 5.91 Å². The number of rotatable bonds is 13. The highest BCUT2D eigenvalue weighted by Crippen LogP contribution is 2.28. The molecular formula is C32H36N2O5. The third-order valence-corrected chi connectivity index (χ3v) is 6.57. The van der Waals surface area contributed by atoms with E-state index in [0.717, 1.165) is 29.2 Å². The van der Waals surface area contributed by atoms with E-state index in [1.165, 1.54) is 5.56 Å². The molecule has 0 fully saturated rings. The highest BCUT2D eigenvalue weighted by Gasteiger charge is 2.18. The Labute approximate surface area is 230 Å². The molecule has 7 heteroatoms. The number of likely N-dealkylation sites (N-methyl/N-ethyl adjacent to an activating group) is 1. The zero-order chi connectivity index (χ0) is 27.6. The molecule has 0 aliphatic rings. The van der Waals surface area contributed by atoms with E-state index in [4.69, 9.17) is 18.6 Å². The van der Waals surface area contributed by atoms with Crippen LogP contribution < -0.4 is 14.2 Å². The molecule has 204 valence electrons. The first-order chi connectivity index (χ1) is 19.0. The number of hydrogen-bond donors (Lipinski definition) is 0. The number of ether oxygens (including phenoxy) is 3. The summed E-state index contributed by atoms with van der Waals surface area (Å²) in [4.78, 5) is 17.1. The Morgan fingerprint density at radius 2 is 1.46 bits per heavy atom. The zero-order valence-electron chi connectivity index (χ0n) is 23.1. The first kappa shape index (κ1) is 27.8. The lowest BCUT2D eigenvalue weighted by Crippen LogP contribution is -2.28. The maximum atomic E-state index is 13.1. The summed E-state index contributed by atoms with van der Waals surface area (Å²) >= 11 is 0. The van der Waals surface area contributed by atoms with Gasteiger partial charge in [-0.15, -0.1) is 0 Å². The summed E-state index contributed by atoms with van der Waals surface area (Å²) < 4.78 is 22.1. The quantitative estimate of drug-likeness (QED) is 0.218. The molecule has 39 heavy (non-hydrogen) atoms. The van der Waals surface area contributed by atoms with E-state index in [1.807, 2.05) is 60.7 Å². The van der Waals surface area contributed by atoms with Gasteiger partial charge in [-0.05, 0) is 59.5 Å². The van der Waals surface area contributed by atoms with Crippen molar-refractivity contribution in [2.75, 3.05) is 34.9 Å². The largest absolute Gasteiger partial charge is 0.497 e. The van der Waals surface area contributed by atoms with E-state index in [-0.39, 0.29) is 5.91 Å². The molecule has 1 heterocycles. The number of nitrogens with zero attached hydrogens (tertiary/aromatic N) is 2. The maximum Gasteiger partial charge on any atom is 0.289 e. The maximum absolute atomic E-state index is 13.1. The minimum atomic E-state index is -0.149. The van der Waals surface area contributed by atoms with Gasteiger partial charge in [0.2, 0.25) is 0 Å². The molecular weight excluding hydrogens is 492 g/mol. The SMILES string of the molecule is COc1cccc(CN(Cc2ccccc2)Cc2ccc(C(=O)N(C)CCc3ccc(OC)c(OC)c3)o2)c1. The van der Waals surface area contributed by atoms with Crippen molar-refractivity contribution in [2.24, 2.45) is 0 Å². The average Bonchev–Trinajstić information content (AvgIpc) is 3.44. The molecule has 0 N–H and O–H groups in total. The van der Waals surface area contributed by atoms with E-state index in [0.29, 0.717) is 43.3 Å². The molecule has 0 unspecified atom stereocenters. The summed E-state index contributed by atoms with van der Waals surface area (Å²) in [7, 11) is 6.69. The fraction of sp³-hybridized carbons (Fsp3) is 0.281. The van der Waals surface area contributed by atoms with Gasteiger partial charge in [-0.25, -0.2) is 0 Å². The van der Waals surface area contributed by atoms with Gasteiger partial charge in [0.15, 0.2) is 17.3 Å². The Kier molecular flexibility index (Phi) is 9.64. The van der Waals surface area contributed by atoms with E-state index in [2.05, 4.69) is 23.1 Å². The van der Waals surface area contributed by atoms with Gasteiger partial charge >= 0.3 is 0 Å². The summed E-state index contributed by atoms with van der Waals surface area (Å²) in [6.45, 7) is 2.56. The molecule has 0 saturated carbocycles. The van der Waals surface area contributed by atoms with Crippen molar-refractivity contribution in [2.45, 2.75) is 26.1 Å². The van der Waals surface area contributed by atoms with Crippen molar-refractivity contribution >= 4 is 5.91 Å². The zero-order valence-corrected chi connectivity index (χ0v) is 23.1. The van der Waals surface area contributed by atoms with Crippen molar-refractivity contribution in [1.82, 2.24) is 9.80 Å². The second-order valence-electron chi connectivity index (χ2n) is 9.41. The molecule has 0 saturated heterocycles. The van der Waals surface area contributed by atoms with Crippen LogP contribution in [0.1, 0.15) is 33.0 Å². The monoisotopic (exact) mass is 528 g/mol. The van der Waals surface area contributed by atoms with E-state index < -0.39 is 0 Å². The first-order valence-corrected chi connectivity index (χ1v) is 12.9. The van der Waals surface area contributed by atoms with Crippen LogP contribution in [0.2, 0.25) is 0 Å². The highest BCUT2D eigenvalue weighted by atomic mass is 16.5. The number of carbonyl (C=O) groups is 1. The average molecular weight is 529 g/mol. The summed E-state index contributed by atoms with van der Waals surface area (Å²) in [5, 5.41) is 0.